The topological polar surface area (TPSA) is 58.7 Å². The summed E-state index contributed by atoms with van der Waals surface area (Å²) >= 11 is 0. The lowest BCUT2D eigenvalue weighted by Gasteiger charge is -1.94. The lowest BCUT2D eigenvalue weighted by atomic mass is 10.2. The largest absolute Gasteiger partial charge is 0.344 e. The molecule has 0 amide bonds. The first-order valence-electron chi connectivity index (χ1n) is 3.44. The molecule has 5 heteroatoms. The smallest absolute Gasteiger partial charge is 0.282 e. The number of rotatable bonds is 1. The van der Waals surface area contributed by atoms with Crippen LogP contribution in [0.1, 0.15) is 5.56 Å². The van der Waals surface area contributed by atoms with Crippen LogP contribution in [0.3, 0.4) is 0 Å². The van der Waals surface area contributed by atoms with Crippen LogP contribution < -0.4 is 0 Å². The van der Waals surface area contributed by atoms with E-state index in [4.69, 9.17) is 11.1 Å². The molecule has 0 aromatic heterocycles. The lowest BCUT2D eigenvalue weighted by Crippen LogP contribution is -1.97. The van der Waals surface area contributed by atoms with Gasteiger partial charge in [-0.3, -0.25) is 4.55 Å². The Morgan fingerprint density at radius 1 is 1.46 bits per heavy atom. The molecule has 0 saturated carbocycles. The van der Waals surface area contributed by atoms with Crippen LogP contribution in [-0.2, 0) is 10.1 Å². The van der Waals surface area contributed by atoms with Crippen molar-refractivity contribution in [2.45, 2.75) is 11.8 Å². The highest BCUT2D eigenvalue weighted by molar-refractivity contribution is 7.85. The van der Waals surface area contributed by atoms with E-state index in [1.807, 2.05) is 0 Å². The molecule has 0 unspecified atom stereocenters. The number of benzene rings is 1. The molecule has 0 atom stereocenters. The molecule has 0 spiro atoms. The molecule has 68 valence electrons. The molecule has 0 heterocycles. The van der Waals surface area contributed by atoms with Crippen LogP contribution in [0.15, 0.2) is 23.1 Å². The molecule has 0 aliphatic carbocycles. The zero-order valence-corrected chi connectivity index (χ0v) is 7.75. The number of aryl methyl sites for hydroxylation is 1. The first kappa shape index (κ1) is 9.71. The van der Waals surface area contributed by atoms with E-state index in [0.29, 0.717) is 5.69 Å². The minimum Gasteiger partial charge on any atom is -0.282 e. The van der Waals surface area contributed by atoms with Gasteiger partial charge in [-0.1, -0.05) is 6.07 Å². The summed E-state index contributed by atoms with van der Waals surface area (Å²) in [5.74, 6) is 0. The summed E-state index contributed by atoms with van der Waals surface area (Å²) in [5.41, 5.74) is 1.09. The molecule has 0 saturated heterocycles. The third kappa shape index (κ3) is 2.05. The van der Waals surface area contributed by atoms with E-state index >= 15 is 0 Å². The Kier molecular flexibility index (Phi) is 2.36. The molecule has 0 radical (unpaired) electrons. The van der Waals surface area contributed by atoms with Gasteiger partial charge in [-0.15, -0.1) is 0 Å². The van der Waals surface area contributed by atoms with E-state index in [1.165, 1.54) is 18.2 Å². The molecule has 1 rings (SSSR count). The zero-order chi connectivity index (χ0) is 10.1. The summed E-state index contributed by atoms with van der Waals surface area (Å²) in [7, 11) is -4.17. The summed E-state index contributed by atoms with van der Waals surface area (Å²) in [6, 6.07) is 4.03. The van der Waals surface area contributed by atoms with Crippen LogP contribution in [0.5, 0.6) is 0 Å². The van der Waals surface area contributed by atoms with Gasteiger partial charge in [0.25, 0.3) is 16.7 Å². The second-order valence-corrected chi connectivity index (χ2v) is 3.97. The van der Waals surface area contributed by atoms with Crippen LogP contribution in [-0.4, -0.2) is 13.0 Å². The van der Waals surface area contributed by atoms with Crippen molar-refractivity contribution in [1.82, 2.24) is 0 Å². The molecule has 0 aliphatic heterocycles. The fourth-order valence-corrected chi connectivity index (χ4v) is 1.39. The Bertz CT molecular complexity index is 471. The second kappa shape index (κ2) is 3.17. The van der Waals surface area contributed by atoms with Gasteiger partial charge >= 0.3 is 5.69 Å². The van der Waals surface area contributed by atoms with Crippen LogP contribution in [0, 0.1) is 13.5 Å². The van der Waals surface area contributed by atoms with Crippen molar-refractivity contribution < 1.29 is 13.0 Å². The van der Waals surface area contributed by atoms with Crippen molar-refractivity contribution in [3.63, 3.8) is 0 Å². The highest BCUT2D eigenvalue weighted by Crippen LogP contribution is 2.22. The molecular formula is C8H8NO3S+. The van der Waals surface area contributed by atoms with Crippen LogP contribution in [0.25, 0.3) is 4.85 Å². The van der Waals surface area contributed by atoms with E-state index in [0.717, 1.165) is 5.56 Å². The Balaban J connectivity index is 3.41. The summed E-state index contributed by atoms with van der Waals surface area (Å²) in [6.07, 6.45) is 0. The lowest BCUT2D eigenvalue weighted by molar-refractivity contribution is 0.483. The fraction of sp³-hybridized carbons (Fsp3) is 0.125. The molecule has 1 N–H and O–H groups in total. The molecular weight excluding hydrogens is 190 g/mol. The van der Waals surface area contributed by atoms with Crippen LogP contribution >= 0.6 is 0 Å². The summed E-state index contributed by atoms with van der Waals surface area (Å²) in [6.45, 7) is 6.75. The minimum absolute atomic E-state index is 0.206. The van der Waals surface area contributed by atoms with Crippen molar-refractivity contribution in [1.29, 1.82) is 0 Å². The quantitative estimate of drug-likeness (QED) is 0.700. The monoisotopic (exact) mass is 198 g/mol. The summed E-state index contributed by atoms with van der Waals surface area (Å²) in [5, 5.41) is 0. The maximum absolute atomic E-state index is 10.7. The number of nitrogens with zero attached hydrogens (tertiary/aromatic N) is 1. The van der Waals surface area contributed by atoms with E-state index in [1.54, 1.807) is 6.92 Å². The van der Waals surface area contributed by atoms with E-state index < -0.39 is 10.1 Å². The van der Waals surface area contributed by atoms with E-state index in [-0.39, 0.29) is 4.90 Å². The number of hydrogen-bond donors (Lipinski definition) is 1. The van der Waals surface area contributed by atoms with Crippen molar-refractivity contribution in [2.24, 2.45) is 0 Å². The molecule has 1 aromatic carbocycles. The average Bonchev–Trinajstić information content (AvgIpc) is 2.03. The van der Waals surface area contributed by atoms with Gasteiger partial charge < -0.3 is 0 Å². The zero-order valence-electron chi connectivity index (χ0n) is 6.93. The maximum Gasteiger partial charge on any atom is 0.344 e. The molecule has 1 aromatic rings. The van der Waals surface area contributed by atoms with Crippen molar-refractivity contribution >= 4 is 15.8 Å². The van der Waals surface area contributed by atoms with Crippen molar-refractivity contribution in [3.8, 4) is 6.57 Å². The standard InChI is InChI=1S/C8H7NO3S/c1-6-3-4-7(13(10,11)12)5-8(6)9-2/h2-5H,1H3/p+1. The van der Waals surface area contributed by atoms with Gasteiger partial charge in [-0.05, 0) is 17.8 Å². The third-order valence-electron chi connectivity index (χ3n) is 1.62. The van der Waals surface area contributed by atoms with Gasteiger partial charge in [0.2, 0.25) is 0 Å². The van der Waals surface area contributed by atoms with Gasteiger partial charge in [0, 0.05) is 5.56 Å². The highest BCUT2D eigenvalue weighted by Gasteiger charge is 2.15. The highest BCUT2D eigenvalue weighted by atomic mass is 32.2. The first-order valence-corrected chi connectivity index (χ1v) is 4.88. The number of hydrogen-bond acceptors (Lipinski definition) is 2. The van der Waals surface area contributed by atoms with E-state index in [2.05, 4.69) is 4.85 Å². The molecule has 13 heavy (non-hydrogen) atoms. The molecule has 4 nitrogen and oxygen atoms in total. The van der Waals surface area contributed by atoms with Gasteiger partial charge in [0.15, 0.2) is 0 Å². The van der Waals surface area contributed by atoms with Crippen molar-refractivity contribution in [2.75, 3.05) is 0 Å². The van der Waals surface area contributed by atoms with Gasteiger partial charge in [-0.25, -0.2) is 0 Å². The molecule has 0 aliphatic rings. The predicted octanol–water partition coefficient (Wildman–Crippen LogP) is 1.84. The Morgan fingerprint density at radius 2 is 2.08 bits per heavy atom. The van der Waals surface area contributed by atoms with Gasteiger partial charge in [0.05, 0.1) is 6.07 Å². The Hall–Kier alpha value is -1.38. The van der Waals surface area contributed by atoms with Gasteiger partial charge in [0.1, 0.15) is 4.90 Å². The summed E-state index contributed by atoms with van der Waals surface area (Å²) in [4.78, 5) is 3.16. The van der Waals surface area contributed by atoms with Crippen molar-refractivity contribution in [3.05, 3.63) is 28.6 Å². The predicted molar refractivity (Wildman–Crippen MR) is 49.0 cm³/mol. The Morgan fingerprint density at radius 3 is 2.54 bits per heavy atom. The Labute approximate surface area is 76.4 Å². The van der Waals surface area contributed by atoms with Crippen LogP contribution in [0.2, 0.25) is 0 Å². The fourth-order valence-electron chi connectivity index (χ4n) is 0.889. The molecule has 0 fully saturated rings. The molecule has 0 bridgehead atoms. The van der Waals surface area contributed by atoms with E-state index in [9.17, 15) is 8.42 Å². The minimum atomic E-state index is -4.17. The SMILES string of the molecule is C#[N+]c1cc(S(=O)(=O)O)ccc1C. The van der Waals surface area contributed by atoms with Crippen LogP contribution in [0.4, 0.5) is 5.69 Å². The average molecular weight is 198 g/mol. The third-order valence-corrected chi connectivity index (χ3v) is 2.47. The summed E-state index contributed by atoms with van der Waals surface area (Å²) < 4.78 is 30.1. The second-order valence-electron chi connectivity index (χ2n) is 2.55. The first-order chi connectivity index (χ1) is 5.95. The normalized spacial score (nSPS) is 10.8. The maximum atomic E-state index is 10.7. The van der Waals surface area contributed by atoms with Gasteiger partial charge in [-0.2, -0.15) is 8.42 Å².